The lowest BCUT2D eigenvalue weighted by molar-refractivity contribution is -0.139. The van der Waals surface area contributed by atoms with Crippen LogP contribution >= 0.6 is 0 Å². The number of amides is 2. The van der Waals surface area contributed by atoms with Crippen LogP contribution in [0.3, 0.4) is 0 Å². The molecule has 0 saturated carbocycles. The number of hydrogen-bond donors (Lipinski definition) is 3. The van der Waals surface area contributed by atoms with Crippen molar-refractivity contribution in [3.63, 3.8) is 0 Å². The number of ether oxygens (including phenoxy) is 1. The maximum absolute atomic E-state index is 11.4. The lowest BCUT2D eigenvalue weighted by atomic mass is 10.1. The number of esters is 1. The normalized spacial score (nSPS) is 11.5. The van der Waals surface area contributed by atoms with Gasteiger partial charge in [-0.15, -0.1) is 0 Å². The third-order valence-electron chi connectivity index (χ3n) is 2.27. The van der Waals surface area contributed by atoms with E-state index in [1.807, 2.05) is 0 Å². The molecule has 0 aliphatic rings. The van der Waals surface area contributed by atoms with Crippen LogP contribution in [0.5, 0.6) is 0 Å². The molecule has 0 bridgehead atoms. The van der Waals surface area contributed by atoms with Crippen LogP contribution in [0.25, 0.3) is 0 Å². The van der Waals surface area contributed by atoms with Gasteiger partial charge in [0.15, 0.2) is 0 Å². The zero-order chi connectivity index (χ0) is 13.5. The first-order valence-electron chi connectivity index (χ1n) is 5.42. The highest BCUT2D eigenvalue weighted by Gasteiger charge is 2.05. The molecule has 6 nitrogen and oxygen atoms in total. The maximum atomic E-state index is 11.4. The van der Waals surface area contributed by atoms with Gasteiger partial charge >= 0.3 is 12.0 Å². The molecule has 1 aromatic rings. The molecule has 0 spiro atoms. The van der Waals surface area contributed by atoms with Crippen LogP contribution in [0.1, 0.15) is 18.6 Å². The van der Waals surface area contributed by atoms with Gasteiger partial charge in [0.25, 0.3) is 0 Å². The number of carbonyl (C=O) groups excluding carboxylic acids is 2. The summed E-state index contributed by atoms with van der Waals surface area (Å²) in [5.74, 6) is -0.519. The van der Waals surface area contributed by atoms with Crippen molar-refractivity contribution in [1.82, 2.24) is 5.32 Å². The summed E-state index contributed by atoms with van der Waals surface area (Å²) in [6.45, 7) is 1.47. The molecule has 0 radical (unpaired) electrons. The van der Waals surface area contributed by atoms with E-state index in [2.05, 4.69) is 15.4 Å². The highest BCUT2D eigenvalue weighted by atomic mass is 16.5. The van der Waals surface area contributed by atoms with Crippen LogP contribution in [0.2, 0.25) is 0 Å². The summed E-state index contributed by atoms with van der Waals surface area (Å²) < 4.78 is 4.38. The predicted octanol–water partition coefficient (Wildman–Crippen LogP) is 1.03. The smallest absolute Gasteiger partial charge is 0.325 e. The fourth-order valence-electron chi connectivity index (χ4n) is 1.24. The molecular formula is C12H16N2O4. The Morgan fingerprint density at radius 2 is 1.94 bits per heavy atom. The molecule has 0 aliphatic heterocycles. The van der Waals surface area contributed by atoms with Gasteiger partial charge in [-0.25, -0.2) is 4.79 Å². The minimum Gasteiger partial charge on any atom is -0.468 e. The summed E-state index contributed by atoms with van der Waals surface area (Å²) in [4.78, 5) is 22.2. The molecule has 1 unspecified atom stereocenters. The lowest BCUT2D eigenvalue weighted by Gasteiger charge is -2.08. The summed E-state index contributed by atoms with van der Waals surface area (Å²) in [5, 5.41) is 14.2. The fourth-order valence-corrected chi connectivity index (χ4v) is 1.24. The van der Waals surface area contributed by atoms with Crippen molar-refractivity contribution in [1.29, 1.82) is 0 Å². The molecule has 1 rings (SSSR count). The molecule has 0 aliphatic carbocycles. The minimum atomic E-state index is -0.549. The summed E-state index contributed by atoms with van der Waals surface area (Å²) in [7, 11) is 1.25. The number of benzene rings is 1. The van der Waals surface area contributed by atoms with Gasteiger partial charge < -0.3 is 20.5 Å². The molecule has 0 aromatic heterocycles. The van der Waals surface area contributed by atoms with Crippen LogP contribution in [0.15, 0.2) is 24.3 Å². The van der Waals surface area contributed by atoms with E-state index in [9.17, 15) is 14.7 Å². The molecule has 0 saturated heterocycles. The molecule has 3 N–H and O–H groups in total. The Morgan fingerprint density at radius 1 is 1.33 bits per heavy atom. The van der Waals surface area contributed by atoms with Crippen molar-refractivity contribution < 1.29 is 19.4 Å². The van der Waals surface area contributed by atoms with Gasteiger partial charge in [-0.2, -0.15) is 0 Å². The summed E-state index contributed by atoms with van der Waals surface area (Å²) in [6.07, 6.45) is -0.549. The van der Waals surface area contributed by atoms with Crippen molar-refractivity contribution >= 4 is 17.7 Å². The Balaban J connectivity index is 2.47. The van der Waals surface area contributed by atoms with Crippen molar-refractivity contribution in [3.05, 3.63) is 29.8 Å². The van der Waals surface area contributed by atoms with Crippen molar-refractivity contribution in [2.45, 2.75) is 13.0 Å². The van der Waals surface area contributed by atoms with E-state index in [4.69, 9.17) is 0 Å². The van der Waals surface area contributed by atoms with Gasteiger partial charge in [0, 0.05) is 5.69 Å². The SMILES string of the molecule is COC(=O)CNC(=O)Nc1ccc(C(C)O)cc1. The van der Waals surface area contributed by atoms with E-state index >= 15 is 0 Å². The first-order chi connectivity index (χ1) is 8.52. The second-order valence-electron chi connectivity index (χ2n) is 3.68. The maximum Gasteiger partial charge on any atom is 0.325 e. The minimum absolute atomic E-state index is 0.186. The van der Waals surface area contributed by atoms with E-state index in [0.717, 1.165) is 5.56 Å². The predicted molar refractivity (Wildman–Crippen MR) is 66.1 cm³/mol. The first kappa shape index (κ1) is 14.0. The number of nitrogens with one attached hydrogen (secondary N) is 2. The number of aliphatic hydroxyl groups is 1. The molecule has 1 aromatic carbocycles. The van der Waals surface area contributed by atoms with Gasteiger partial charge in [0.1, 0.15) is 6.54 Å². The number of aliphatic hydroxyl groups excluding tert-OH is 1. The van der Waals surface area contributed by atoms with E-state index < -0.39 is 18.1 Å². The quantitative estimate of drug-likeness (QED) is 0.698. The van der Waals surface area contributed by atoms with E-state index in [1.165, 1.54) is 7.11 Å². The van der Waals surface area contributed by atoms with Crippen LogP contribution in [-0.4, -0.2) is 30.8 Å². The first-order valence-corrected chi connectivity index (χ1v) is 5.42. The number of methoxy groups -OCH3 is 1. The second-order valence-corrected chi connectivity index (χ2v) is 3.68. The zero-order valence-corrected chi connectivity index (χ0v) is 10.3. The Kier molecular flexibility index (Phi) is 5.13. The lowest BCUT2D eigenvalue weighted by Crippen LogP contribution is -2.33. The number of hydrogen-bond acceptors (Lipinski definition) is 4. The molecule has 18 heavy (non-hydrogen) atoms. The van der Waals surface area contributed by atoms with Gasteiger partial charge in [0.2, 0.25) is 0 Å². The van der Waals surface area contributed by atoms with Crippen LogP contribution < -0.4 is 10.6 Å². The number of urea groups is 1. The molecule has 98 valence electrons. The Morgan fingerprint density at radius 3 is 2.44 bits per heavy atom. The van der Waals surface area contributed by atoms with Crippen LogP contribution in [0.4, 0.5) is 10.5 Å². The molecule has 0 fully saturated rings. The van der Waals surface area contributed by atoms with Crippen molar-refractivity contribution in [2.24, 2.45) is 0 Å². The Hall–Kier alpha value is -2.08. The number of anilines is 1. The van der Waals surface area contributed by atoms with E-state index in [-0.39, 0.29) is 6.54 Å². The fraction of sp³-hybridized carbons (Fsp3) is 0.333. The molecule has 0 heterocycles. The average Bonchev–Trinajstić information content (AvgIpc) is 2.36. The topological polar surface area (TPSA) is 87.7 Å². The van der Waals surface area contributed by atoms with Crippen molar-refractivity contribution in [2.75, 3.05) is 19.0 Å². The third-order valence-corrected chi connectivity index (χ3v) is 2.27. The van der Waals surface area contributed by atoms with Gasteiger partial charge in [-0.1, -0.05) is 12.1 Å². The highest BCUT2D eigenvalue weighted by molar-refractivity contribution is 5.91. The standard InChI is InChI=1S/C12H16N2O4/c1-8(15)9-3-5-10(6-4-9)14-12(17)13-7-11(16)18-2/h3-6,8,15H,7H2,1-2H3,(H2,13,14,17). The van der Waals surface area contributed by atoms with Gasteiger partial charge in [0.05, 0.1) is 13.2 Å². The highest BCUT2D eigenvalue weighted by Crippen LogP contribution is 2.15. The van der Waals surface area contributed by atoms with Gasteiger partial charge in [-0.05, 0) is 24.6 Å². The molecule has 6 heteroatoms. The molecule has 2 amide bonds. The third kappa shape index (κ3) is 4.42. The van der Waals surface area contributed by atoms with E-state index in [1.54, 1.807) is 31.2 Å². The molecule has 1 atom stereocenters. The van der Waals surface area contributed by atoms with E-state index in [0.29, 0.717) is 5.69 Å². The van der Waals surface area contributed by atoms with Gasteiger partial charge in [-0.3, -0.25) is 4.79 Å². The zero-order valence-electron chi connectivity index (χ0n) is 10.3. The summed E-state index contributed by atoms with van der Waals surface area (Å²) in [6, 6.07) is 6.26. The van der Waals surface area contributed by atoms with Crippen LogP contribution in [0, 0.1) is 0 Å². The monoisotopic (exact) mass is 252 g/mol. The van der Waals surface area contributed by atoms with Crippen molar-refractivity contribution in [3.8, 4) is 0 Å². The largest absolute Gasteiger partial charge is 0.468 e. The summed E-state index contributed by atoms with van der Waals surface area (Å²) in [5.41, 5.74) is 1.33. The van der Waals surface area contributed by atoms with Crippen LogP contribution in [-0.2, 0) is 9.53 Å². The second kappa shape index (κ2) is 6.61. The summed E-state index contributed by atoms with van der Waals surface area (Å²) >= 11 is 0. The molecular weight excluding hydrogens is 236 g/mol. The Labute approximate surface area is 105 Å². The Bertz CT molecular complexity index is 415. The number of carbonyl (C=O) groups is 2. The number of rotatable bonds is 4. The average molecular weight is 252 g/mol.